The number of carbonyl (C=O) groups is 3. The predicted molar refractivity (Wildman–Crippen MR) is 223 cm³/mol. The van der Waals surface area contributed by atoms with Gasteiger partial charge in [0.25, 0.3) is 11.8 Å². The molecule has 0 fully saturated rings. The van der Waals surface area contributed by atoms with Crippen molar-refractivity contribution in [3.8, 4) is 17.0 Å². The Labute approximate surface area is 327 Å². The van der Waals surface area contributed by atoms with Gasteiger partial charge in [0, 0.05) is 32.7 Å². The second-order valence-electron chi connectivity index (χ2n) is 12.3. The minimum atomic E-state index is -0.581. The van der Waals surface area contributed by atoms with Crippen LogP contribution in [-0.2, 0) is 9.59 Å². The molecule has 8 nitrogen and oxygen atoms in total. The Morgan fingerprint density at radius 2 is 1.45 bits per heavy atom. The molecule has 0 radical (unpaired) electrons. The number of para-hydroxylation sites is 1. The molecule has 6 aromatic carbocycles. The highest BCUT2D eigenvalue weighted by Gasteiger charge is 2.24. The van der Waals surface area contributed by atoms with Gasteiger partial charge in [-0.1, -0.05) is 103 Å². The maximum absolute atomic E-state index is 13.9. The Morgan fingerprint density at radius 1 is 0.764 bits per heavy atom. The van der Waals surface area contributed by atoms with Gasteiger partial charge in [-0.2, -0.15) is 0 Å². The minimum Gasteiger partial charge on any atom is -0.493 e. The Balaban J connectivity index is 1.07. The lowest BCUT2D eigenvalue weighted by atomic mass is 10.1. The number of fused-ring (bicyclic) bond motifs is 1. The fourth-order valence-electron chi connectivity index (χ4n) is 5.82. The molecule has 7 aromatic rings. The van der Waals surface area contributed by atoms with Gasteiger partial charge in [-0.3, -0.25) is 14.4 Å². The fourth-order valence-corrected chi connectivity index (χ4v) is 7.57. The summed E-state index contributed by atoms with van der Waals surface area (Å²) in [6.07, 6.45) is 1.60. The van der Waals surface area contributed by atoms with Gasteiger partial charge in [-0.25, -0.2) is 4.98 Å². The normalized spacial score (nSPS) is 11.8. The summed E-state index contributed by atoms with van der Waals surface area (Å²) in [5.41, 5.74) is 4.23. The van der Waals surface area contributed by atoms with Crippen molar-refractivity contribution in [2.75, 3.05) is 17.2 Å². The van der Waals surface area contributed by atoms with E-state index in [1.165, 1.54) is 23.1 Å². The lowest BCUT2D eigenvalue weighted by Crippen LogP contribution is -2.30. The van der Waals surface area contributed by atoms with Crippen LogP contribution in [0.15, 0.2) is 168 Å². The molecule has 1 heterocycles. The van der Waals surface area contributed by atoms with E-state index in [-0.39, 0.29) is 11.6 Å². The van der Waals surface area contributed by atoms with Crippen LogP contribution in [0.1, 0.15) is 33.7 Å². The molecule has 0 saturated carbocycles. The highest BCUT2D eigenvalue weighted by Crippen LogP contribution is 2.37. The first-order chi connectivity index (χ1) is 26.9. The van der Waals surface area contributed by atoms with Crippen molar-refractivity contribution >= 4 is 68.5 Å². The quantitative estimate of drug-likeness (QED) is 0.0798. The summed E-state index contributed by atoms with van der Waals surface area (Å²) < 4.78 is 5.76. The first kappa shape index (κ1) is 36.9. The van der Waals surface area contributed by atoms with Gasteiger partial charge in [-0.05, 0) is 77.9 Å². The van der Waals surface area contributed by atoms with Crippen LogP contribution < -0.4 is 20.7 Å². The zero-order chi connectivity index (χ0) is 38.0. The van der Waals surface area contributed by atoms with E-state index in [1.807, 2.05) is 103 Å². The topological polar surface area (TPSA) is 109 Å². The molecule has 0 aliphatic heterocycles. The van der Waals surface area contributed by atoms with E-state index in [9.17, 15) is 14.4 Å². The fraction of sp³-hybridized carbons (Fsp3) is 0.0667. The van der Waals surface area contributed by atoms with Crippen molar-refractivity contribution in [3.63, 3.8) is 0 Å². The van der Waals surface area contributed by atoms with E-state index in [1.54, 1.807) is 42.5 Å². The third-order valence-corrected chi connectivity index (χ3v) is 10.6. The third kappa shape index (κ3) is 9.36. The second-order valence-corrected chi connectivity index (χ2v) is 14.4. The zero-order valence-electron chi connectivity index (χ0n) is 29.8. The van der Waals surface area contributed by atoms with E-state index < -0.39 is 17.1 Å². The minimum absolute atomic E-state index is 0.0474. The number of anilines is 2. The molecule has 0 aliphatic rings. The van der Waals surface area contributed by atoms with Crippen molar-refractivity contribution < 1.29 is 19.1 Å². The molecular weight excluding hydrogens is 725 g/mol. The molecule has 1 atom stereocenters. The summed E-state index contributed by atoms with van der Waals surface area (Å²) in [5.74, 6) is -0.549. The van der Waals surface area contributed by atoms with Crippen LogP contribution in [0.3, 0.4) is 0 Å². The van der Waals surface area contributed by atoms with Gasteiger partial charge >= 0.3 is 0 Å². The van der Waals surface area contributed by atoms with Gasteiger partial charge in [0.15, 0.2) is 5.13 Å². The number of nitrogens with one attached hydrogen (secondary N) is 3. The van der Waals surface area contributed by atoms with Gasteiger partial charge in [0.05, 0.1) is 12.3 Å². The van der Waals surface area contributed by atoms with Crippen LogP contribution in [0.4, 0.5) is 10.8 Å². The lowest BCUT2D eigenvalue weighted by molar-refractivity contribution is -0.116. The van der Waals surface area contributed by atoms with E-state index in [4.69, 9.17) is 9.72 Å². The number of ether oxygens (including phenoxy) is 1. The molecule has 272 valence electrons. The number of rotatable bonds is 13. The molecule has 55 heavy (non-hydrogen) atoms. The van der Waals surface area contributed by atoms with Crippen molar-refractivity contribution in [3.05, 3.63) is 179 Å². The molecule has 3 amide bonds. The van der Waals surface area contributed by atoms with Gasteiger partial charge in [0.1, 0.15) is 16.7 Å². The lowest BCUT2D eigenvalue weighted by Gasteiger charge is -2.17. The van der Waals surface area contributed by atoms with E-state index >= 15 is 0 Å². The van der Waals surface area contributed by atoms with Crippen molar-refractivity contribution in [2.24, 2.45) is 0 Å². The molecule has 10 heteroatoms. The Kier molecular flexibility index (Phi) is 11.8. The van der Waals surface area contributed by atoms with Crippen molar-refractivity contribution in [1.82, 2.24) is 10.3 Å². The highest BCUT2D eigenvalue weighted by atomic mass is 32.2. The summed E-state index contributed by atoms with van der Waals surface area (Å²) in [6.45, 7) is 2.32. The smallest absolute Gasteiger partial charge is 0.272 e. The monoisotopic (exact) mass is 760 g/mol. The van der Waals surface area contributed by atoms with Crippen LogP contribution >= 0.6 is 23.1 Å². The zero-order valence-corrected chi connectivity index (χ0v) is 31.4. The van der Waals surface area contributed by atoms with Crippen LogP contribution in [0.2, 0.25) is 0 Å². The maximum atomic E-state index is 13.9. The number of hydrogen-bond donors (Lipinski definition) is 3. The number of thiazole rings is 1. The van der Waals surface area contributed by atoms with E-state index in [0.717, 1.165) is 32.5 Å². The van der Waals surface area contributed by atoms with Gasteiger partial charge in [-0.15, -0.1) is 23.1 Å². The molecule has 0 saturated heterocycles. The van der Waals surface area contributed by atoms with Crippen LogP contribution in [0.5, 0.6) is 5.75 Å². The standard InChI is InChI=1S/C45H36N4O4S2/c1-2-53-40-20-12-11-19-35(40)28-38(47-42(50)32-16-7-4-8-17-32)43(51)46-36-23-25-37(26-24-36)55-41(31-14-5-3-6-15-31)44(52)49-45-48-39(29-54-45)34-22-21-30-13-9-10-18-33(30)27-34/h3-29,41H,2H2,1H3,(H,46,51)(H,47,50)(H,48,49,52)/b38-28-. The molecule has 3 N–H and O–H groups in total. The summed E-state index contributed by atoms with van der Waals surface area (Å²) in [4.78, 5) is 46.3. The highest BCUT2D eigenvalue weighted by molar-refractivity contribution is 8.00. The number of nitrogens with zero attached hydrogens (tertiary/aromatic N) is 1. The first-order valence-corrected chi connectivity index (χ1v) is 19.4. The number of hydrogen-bond acceptors (Lipinski definition) is 7. The first-order valence-electron chi connectivity index (χ1n) is 17.6. The number of amides is 3. The van der Waals surface area contributed by atoms with E-state index in [0.29, 0.717) is 34.3 Å². The van der Waals surface area contributed by atoms with Gasteiger partial charge in [0.2, 0.25) is 5.91 Å². The molecule has 1 aromatic heterocycles. The van der Waals surface area contributed by atoms with E-state index in [2.05, 4.69) is 40.2 Å². The summed E-state index contributed by atoms with van der Waals surface area (Å²) in [6, 6.07) is 47.2. The second kappa shape index (κ2) is 17.6. The Hall–Kier alpha value is -6.49. The molecular formula is C45H36N4O4S2. The summed E-state index contributed by atoms with van der Waals surface area (Å²) >= 11 is 2.77. The molecule has 0 aliphatic carbocycles. The molecule has 0 bridgehead atoms. The largest absolute Gasteiger partial charge is 0.493 e. The Bertz CT molecular complexity index is 2470. The average Bonchev–Trinajstić information content (AvgIpc) is 3.69. The number of carbonyl (C=O) groups excluding carboxylic acids is 3. The maximum Gasteiger partial charge on any atom is 0.272 e. The molecule has 7 rings (SSSR count). The van der Waals surface area contributed by atoms with Crippen molar-refractivity contribution in [1.29, 1.82) is 0 Å². The molecule has 1 unspecified atom stereocenters. The third-order valence-electron chi connectivity index (χ3n) is 8.53. The number of thioether (sulfide) groups is 1. The number of aromatic nitrogens is 1. The van der Waals surface area contributed by atoms with Crippen molar-refractivity contribution in [2.45, 2.75) is 17.1 Å². The van der Waals surface area contributed by atoms with Crippen LogP contribution in [0.25, 0.3) is 28.1 Å². The Morgan fingerprint density at radius 3 is 2.22 bits per heavy atom. The summed E-state index contributed by atoms with van der Waals surface area (Å²) in [5, 5.41) is 12.9. The summed E-state index contributed by atoms with van der Waals surface area (Å²) in [7, 11) is 0. The predicted octanol–water partition coefficient (Wildman–Crippen LogP) is 10.2. The van der Waals surface area contributed by atoms with Gasteiger partial charge < -0.3 is 20.7 Å². The molecule has 0 spiro atoms. The average molecular weight is 761 g/mol. The number of benzene rings is 6. The van der Waals surface area contributed by atoms with Crippen LogP contribution in [-0.4, -0.2) is 29.3 Å². The SMILES string of the molecule is CCOc1ccccc1/C=C(\NC(=O)c1ccccc1)C(=O)Nc1ccc(SC(C(=O)Nc2nc(-c3ccc4ccccc4c3)cs2)c2ccccc2)cc1. The van der Waals surface area contributed by atoms with Crippen LogP contribution in [0, 0.1) is 0 Å².